The molecule has 172 valence electrons. The molecule has 4 nitrogen and oxygen atoms in total. The normalized spacial score (nSPS) is 15.4. The van der Waals surface area contributed by atoms with Crippen LogP contribution in [0.25, 0.3) is 0 Å². The molecule has 4 rings (SSSR count). The van der Waals surface area contributed by atoms with Gasteiger partial charge >= 0.3 is 0 Å². The number of aryl methyl sites for hydroxylation is 1. The number of piperazine rings is 1. The Kier molecular flexibility index (Phi) is 7.76. The van der Waals surface area contributed by atoms with Crippen LogP contribution in [0.4, 0.5) is 4.39 Å². The van der Waals surface area contributed by atoms with Gasteiger partial charge in [-0.15, -0.1) is 0 Å². The molecule has 1 fully saturated rings. The van der Waals surface area contributed by atoms with Gasteiger partial charge in [0.05, 0.1) is 18.3 Å². The standard InChI is InChI=1S/C27H28ClFN2O2/c1-20-5-4-6-21(17-20)19-33-26(22-9-11-23(28)12-10-22)18-30-13-15-31(16-14-30)27(32)24-7-2-3-8-25(24)29/h2-12,17,26H,13-16,18-19H2,1H3. The van der Waals surface area contributed by atoms with Crippen LogP contribution in [0.5, 0.6) is 0 Å². The number of carbonyl (C=O) groups excluding carboxylic acids is 1. The van der Waals surface area contributed by atoms with E-state index in [0.29, 0.717) is 44.4 Å². The van der Waals surface area contributed by atoms with Gasteiger partial charge < -0.3 is 9.64 Å². The van der Waals surface area contributed by atoms with Crippen molar-refractivity contribution in [3.05, 3.63) is 106 Å². The highest BCUT2D eigenvalue weighted by Gasteiger charge is 2.26. The van der Waals surface area contributed by atoms with Crippen LogP contribution in [0.15, 0.2) is 72.8 Å². The fourth-order valence-electron chi connectivity index (χ4n) is 4.10. The van der Waals surface area contributed by atoms with Crippen LogP contribution in [0.1, 0.15) is 33.2 Å². The third-order valence-corrected chi connectivity index (χ3v) is 6.22. The average molecular weight is 467 g/mol. The van der Waals surface area contributed by atoms with E-state index in [1.807, 2.05) is 30.3 Å². The zero-order valence-corrected chi connectivity index (χ0v) is 19.5. The molecule has 0 spiro atoms. The summed E-state index contributed by atoms with van der Waals surface area (Å²) in [6.45, 7) is 5.81. The van der Waals surface area contributed by atoms with Gasteiger partial charge in [0.15, 0.2) is 0 Å². The number of nitrogens with zero attached hydrogens (tertiary/aromatic N) is 2. The molecule has 0 radical (unpaired) electrons. The Morgan fingerprint density at radius 3 is 2.42 bits per heavy atom. The minimum absolute atomic E-state index is 0.128. The van der Waals surface area contributed by atoms with Crippen LogP contribution in [0.3, 0.4) is 0 Å². The van der Waals surface area contributed by atoms with Crippen molar-refractivity contribution in [2.24, 2.45) is 0 Å². The molecule has 3 aromatic rings. The van der Waals surface area contributed by atoms with Crippen LogP contribution in [-0.2, 0) is 11.3 Å². The number of ether oxygens (including phenoxy) is 1. The van der Waals surface area contributed by atoms with Crippen LogP contribution in [-0.4, -0.2) is 48.4 Å². The Hall–Kier alpha value is -2.73. The molecule has 3 aromatic carbocycles. The molecule has 6 heteroatoms. The number of hydrogen-bond acceptors (Lipinski definition) is 3. The summed E-state index contributed by atoms with van der Waals surface area (Å²) in [6.07, 6.45) is -0.128. The van der Waals surface area contributed by atoms with Crippen molar-refractivity contribution in [3.63, 3.8) is 0 Å². The summed E-state index contributed by atoms with van der Waals surface area (Å²) in [5, 5.41) is 0.691. The average Bonchev–Trinajstić information content (AvgIpc) is 2.83. The maximum absolute atomic E-state index is 14.0. The van der Waals surface area contributed by atoms with E-state index in [4.69, 9.17) is 16.3 Å². The summed E-state index contributed by atoms with van der Waals surface area (Å²) in [5.41, 5.74) is 3.53. The molecule has 33 heavy (non-hydrogen) atoms. The Morgan fingerprint density at radius 2 is 1.73 bits per heavy atom. The van der Waals surface area contributed by atoms with Crippen molar-refractivity contribution < 1.29 is 13.9 Å². The second-order valence-corrected chi connectivity index (χ2v) is 8.85. The summed E-state index contributed by atoms with van der Waals surface area (Å²) in [4.78, 5) is 16.7. The fourth-order valence-corrected chi connectivity index (χ4v) is 4.23. The molecule has 1 amide bonds. The van der Waals surface area contributed by atoms with E-state index in [0.717, 1.165) is 11.1 Å². The zero-order valence-electron chi connectivity index (χ0n) is 18.7. The predicted molar refractivity (Wildman–Crippen MR) is 129 cm³/mol. The van der Waals surface area contributed by atoms with Gasteiger partial charge in [0.2, 0.25) is 0 Å². The molecule has 1 saturated heterocycles. The van der Waals surface area contributed by atoms with E-state index in [9.17, 15) is 9.18 Å². The van der Waals surface area contributed by atoms with Gasteiger partial charge in [-0.25, -0.2) is 4.39 Å². The highest BCUT2D eigenvalue weighted by molar-refractivity contribution is 6.30. The van der Waals surface area contributed by atoms with Crippen LogP contribution in [0.2, 0.25) is 5.02 Å². The molecule has 0 aromatic heterocycles. The first-order valence-corrected chi connectivity index (χ1v) is 11.6. The molecular formula is C27H28ClFN2O2. The maximum atomic E-state index is 14.0. The fraction of sp³-hybridized carbons (Fsp3) is 0.296. The van der Waals surface area contributed by atoms with E-state index in [-0.39, 0.29) is 17.6 Å². The van der Waals surface area contributed by atoms with Crippen molar-refractivity contribution in [2.75, 3.05) is 32.7 Å². The number of carbonyl (C=O) groups is 1. The molecule has 0 aliphatic carbocycles. The Balaban J connectivity index is 1.39. The Morgan fingerprint density at radius 1 is 1.00 bits per heavy atom. The molecule has 1 aliphatic heterocycles. The van der Waals surface area contributed by atoms with Gasteiger partial charge in [-0.3, -0.25) is 9.69 Å². The van der Waals surface area contributed by atoms with Crippen molar-refractivity contribution in [2.45, 2.75) is 19.6 Å². The largest absolute Gasteiger partial charge is 0.368 e. The zero-order chi connectivity index (χ0) is 23.2. The van der Waals surface area contributed by atoms with E-state index in [1.165, 1.54) is 11.6 Å². The third-order valence-electron chi connectivity index (χ3n) is 5.96. The molecule has 1 unspecified atom stereocenters. The van der Waals surface area contributed by atoms with Gasteiger partial charge in [-0.1, -0.05) is 65.7 Å². The third kappa shape index (κ3) is 6.20. The van der Waals surface area contributed by atoms with E-state index in [2.05, 4.69) is 30.0 Å². The minimum Gasteiger partial charge on any atom is -0.368 e. The van der Waals surface area contributed by atoms with Crippen molar-refractivity contribution in [1.29, 1.82) is 0 Å². The smallest absolute Gasteiger partial charge is 0.256 e. The van der Waals surface area contributed by atoms with E-state index >= 15 is 0 Å². The summed E-state index contributed by atoms with van der Waals surface area (Å²) in [7, 11) is 0. The highest BCUT2D eigenvalue weighted by Crippen LogP contribution is 2.24. The monoisotopic (exact) mass is 466 g/mol. The molecule has 0 N–H and O–H groups in total. The lowest BCUT2D eigenvalue weighted by molar-refractivity contribution is 0.00337. The number of rotatable bonds is 7. The Labute approximate surface area is 199 Å². The topological polar surface area (TPSA) is 32.8 Å². The van der Waals surface area contributed by atoms with Crippen molar-refractivity contribution in [3.8, 4) is 0 Å². The molecule has 0 saturated carbocycles. The summed E-state index contributed by atoms with van der Waals surface area (Å²) >= 11 is 6.09. The minimum atomic E-state index is -0.475. The second kappa shape index (κ2) is 10.9. The van der Waals surface area contributed by atoms with Crippen LogP contribution >= 0.6 is 11.6 Å². The van der Waals surface area contributed by atoms with Gasteiger partial charge in [-0.2, -0.15) is 0 Å². The van der Waals surface area contributed by atoms with Crippen LogP contribution in [0, 0.1) is 12.7 Å². The van der Waals surface area contributed by atoms with Crippen LogP contribution < -0.4 is 0 Å². The SMILES string of the molecule is Cc1cccc(COC(CN2CCN(C(=O)c3ccccc3F)CC2)c2ccc(Cl)cc2)c1. The predicted octanol–water partition coefficient (Wildman–Crippen LogP) is 5.50. The summed E-state index contributed by atoms with van der Waals surface area (Å²) < 4.78 is 20.4. The number of halogens is 2. The van der Waals surface area contributed by atoms with Gasteiger partial charge in [0.25, 0.3) is 5.91 Å². The first kappa shape index (κ1) is 23.4. The molecule has 1 heterocycles. The summed E-state index contributed by atoms with van der Waals surface area (Å²) in [5.74, 6) is -0.727. The van der Waals surface area contributed by atoms with Crippen molar-refractivity contribution >= 4 is 17.5 Å². The van der Waals surface area contributed by atoms with Gasteiger partial charge in [0, 0.05) is 37.7 Å². The lowest BCUT2D eigenvalue weighted by atomic mass is 10.1. The molecule has 1 aliphatic rings. The summed E-state index contributed by atoms with van der Waals surface area (Å²) in [6, 6.07) is 22.2. The lowest BCUT2D eigenvalue weighted by Crippen LogP contribution is -2.49. The van der Waals surface area contributed by atoms with Gasteiger partial charge in [-0.05, 0) is 42.3 Å². The first-order valence-electron chi connectivity index (χ1n) is 11.2. The number of hydrogen-bond donors (Lipinski definition) is 0. The maximum Gasteiger partial charge on any atom is 0.256 e. The molecular weight excluding hydrogens is 439 g/mol. The Bertz CT molecular complexity index is 1080. The molecule has 1 atom stereocenters. The van der Waals surface area contributed by atoms with Gasteiger partial charge in [0.1, 0.15) is 5.82 Å². The van der Waals surface area contributed by atoms with Crippen molar-refractivity contribution in [1.82, 2.24) is 9.80 Å². The quantitative estimate of drug-likeness (QED) is 0.460. The second-order valence-electron chi connectivity index (χ2n) is 8.41. The lowest BCUT2D eigenvalue weighted by Gasteiger charge is -2.36. The van der Waals surface area contributed by atoms with E-state index < -0.39 is 5.82 Å². The highest BCUT2D eigenvalue weighted by atomic mass is 35.5. The van der Waals surface area contributed by atoms with E-state index in [1.54, 1.807) is 23.1 Å². The molecule has 0 bridgehead atoms. The number of amides is 1. The first-order chi connectivity index (χ1) is 16.0. The number of benzene rings is 3.